The third kappa shape index (κ3) is 3.42. The molecule has 180 valence electrons. The summed E-state index contributed by atoms with van der Waals surface area (Å²) in [6.07, 6.45) is 3.04. The van der Waals surface area contributed by atoms with Gasteiger partial charge in [-0.25, -0.2) is 18.0 Å². The molecule has 2 fully saturated rings. The molecule has 0 radical (unpaired) electrons. The first kappa shape index (κ1) is 22.3. The quantitative estimate of drug-likeness (QED) is 0.547. The fourth-order valence-electron chi connectivity index (χ4n) is 4.94. The maximum Gasteiger partial charge on any atom is 0.354 e. The van der Waals surface area contributed by atoms with Gasteiger partial charge in [-0.1, -0.05) is 6.07 Å². The maximum atomic E-state index is 15.4. The lowest BCUT2D eigenvalue weighted by Crippen LogP contribution is -2.44. The number of ether oxygens (including phenoxy) is 1. The van der Waals surface area contributed by atoms with Crippen molar-refractivity contribution < 1.29 is 17.9 Å². The van der Waals surface area contributed by atoms with Crippen LogP contribution in [-0.4, -0.2) is 29.3 Å². The second-order valence-corrected chi connectivity index (χ2v) is 8.91. The molecule has 0 bridgehead atoms. The monoisotopic (exact) mass is 475 g/mol. The SMILES string of the molecule is COc1c(N2CCC(C(N)c3ccc(F)cc3F)C2)c(F)cn2c(=O)n(N)c(=O)c(C3CC3)c12. The molecule has 2 aliphatic rings. The number of hydrogen-bond acceptors (Lipinski definition) is 6. The second kappa shape index (κ2) is 8.08. The molecule has 3 aromatic rings. The lowest BCUT2D eigenvalue weighted by Gasteiger charge is -2.25. The number of pyridine rings is 1. The number of methoxy groups -OCH3 is 1. The van der Waals surface area contributed by atoms with Crippen molar-refractivity contribution in [3.05, 3.63) is 73.8 Å². The lowest BCUT2D eigenvalue weighted by atomic mass is 9.93. The minimum atomic E-state index is -0.874. The van der Waals surface area contributed by atoms with Gasteiger partial charge in [0.05, 0.1) is 18.9 Å². The third-order valence-electron chi connectivity index (χ3n) is 6.82. The number of aromatic nitrogens is 2. The van der Waals surface area contributed by atoms with Crippen molar-refractivity contribution in [1.29, 1.82) is 0 Å². The topological polar surface area (TPSA) is 108 Å². The number of rotatable bonds is 5. The van der Waals surface area contributed by atoms with Crippen molar-refractivity contribution >= 4 is 11.2 Å². The predicted octanol–water partition coefficient (Wildman–Crippen LogP) is 2.00. The highest BCUT2D eigenvalue weighted by molar-refractivity contribution is 5.78. The lowest BCUT2D eigenvalue weighted by molar-refractivity contribution is 0.411. The third-order valence-corrected chi connectivity index (χ3v) is 6.82. The Hall–Kier alpha value is -3.47. The normalized spacial score (nSPS) is 19.1. The van der Waals surface area contributed by atoms with Gasteiger partial charge in [0.2, 0.25) is 0 Å². The Labute approximate surface area is 192 Å². The molecule has 0 spiro atoms. The highest BCUT2D eigenvalue weighted by atomic mass is 19.1. The molecule has 1 aliphatic carbocycles. The van der Waals surface area contributed by atoms with Crippen LogP contribution in [0, 0.1) is 23.4 Å². The molecular formula is C23H24F3N5O3. The number of nitrogens with two attached hydrogens (primary N) is 2. The van der Waals surface area contributed by atoms with Gasteiger partial charge in [0, 0.05) is 30.8 Å². The Morgan fingerprint density at radius 3 is 2.50 bits per heavy atom. The van der Waals surface area contributed by atoms with E-state index in [1.165, 1.54) is 13.2 Å². The molecule has 1 aliphatic heterocycles. The molecule has 5 rings (SSSR count). The van der Waals surface area contributed by atoms with Crippen LogP contribution in [0.5, 0.6) is 5.75 Å². The number of fused-ring (bicyclic) bond motifs is 1. The largest absolute Gasteiger partial charge is 0.492 e. The van der Waals surface area contributed by atoms with E-state index in [4.69, 9.17) is 16.3 Å². The van der Waals surface area contributed by atoms with Gasteiger partial charge >= 0.3 is 5.69 Å². The summed E-state index contributed by atoms with van der Waals surface area (Å²) in [5.74, 6) is 3.25. The minimum absolute atomic E-state index is 0.0684. The Bertz CT molecular complexity index is 1420. The summed E-state index contributed by atoms with van der Waals surface area (Å²) in [5, 5.41) is 0. The second-order valence-electron chi connectivity index (χ2n) is 8.91. The van der Waals surface area contributed by atoms with Gasteiger partial charge < -0.3 is 21.2 Å². The number of nitrogens with zero attached hydrogens (tertiary/aromatic N) is 3. The highest BCUT2D eigenvalue weighted by Crippen LogP contribution is 2.45. The van der Waals surface area contributed by atoms with Crippen LogP contribution >= 0.6 is 0 Å². The van der Waals surface area contributed by atoms with Gasteiger partial charge in [-0.15, -0.1) is 0 Å². The fourth-order valence-corrected chi connectivity index (χ4v) is 4.94. The summed E-state index contributed by atoms with van der Waals surface area (Å²) in [6, 6.07) is 2.53. The van der Waals surface area contributed by atoms with Crippen molar-refractivity contribution in [2.24, 2.45) is 11.7 Å². The Kier molecular flexibility index (Phi) is 5.31. The molecule has 34 heavy (non-hydrogen) atoms. The van der Waals surface area contributed by atoms with Crippen molar-refractivity contribution in [1.82, 2.24) is 9.08 Å². The minimum Gasteiger partial charge on any atom is -0.492 e. The van der Waals surface area contributed by atoms with Crippen LogP contribution in [0.1, 0.15) is 42.3 Å². The van der Waals surface area contributed by atoms with Crippen molar-refractivity contribution in [2.45, 2.75) is 31.2 Å². The van der Waals surface area contributed by atoms with Gasteiger partial charge in [0.1, 0.15) is 22.8 Å². The first-order valence-corrected chi connectivity index (χ1v) is 11.0. The Morgan fingerprint density at radius 1 is 1.12 bits per heavy atom. The molecule has 4 N–H and O–H groups in total. The standard InChI is InChI=1S/C23H24F3N5O3/c1-34-21-19(29-7-6-12(9-29)18(27)14-5-4-13(24)8-15(14)25)16(26)10-30-20(21)17(11-2-3-11)22(32)31(28)23(30)33/h4-5,8,10-12,18H,2-3,6-7,9,27-28H2,1H3. The van der Waals surface area contributed by atoms with Crippen LogP contribution in [0.15, 0.2) is 34.0 Å². The molecule has 1 saturated carbocycles. The zero-order chi connectivity index (χ0) is 24.3. The average molecular weight is 475 g/mol. The summed E-state index contributed by atoms with van der Waals surface area (Å²) in [5.41, 5.74) is 5.61. The molecule has 11 heteroatoms. The summed E-state index contributed by atoms with van der Waals surface area (Å²) < 4.78 is 50.0. The zero-order valence-corrected chi connectivity index (χ0v) is 18.4. The van der Waals surface area contributed by atoms with Crippen LogP contribution in [0.4, 0.5) is 18.9 Å². The fraction of sp³-hybridized carbons (Fsp3) is 0.391. The summed E-state index contributed by atoms with van der Waals surface area (Å²) in [4.78, 5) is 27.2. The molecule has 3 heterocycles. The van der Waals surface area contributed by atoms with E-state index in [-0.39, 0.29) is 40.9 Å². The number of nitrogen functional groups attached to an aromatic ring is 1. The Morgan fingerprint density at radius 2 is 1.85 bits per heavy atom. The number of hydrogen-bond donors (Lipinski definition) is 2. The van der Waals surface area contributed by atoms with E-state index >= 15 is 4.39 Å². The Balaban J connectivity index is 1.59. The highest BCUT2D eigenvalue weighted by Gasteiger charge is 2.36. The van der Waals surface area contributed by atoms with Gasteiger partial charge in [-0.05, 0) is 37.2 Å². The number of anilines is 1. The molecule has 1 saturated heterocycles. The molecule has 0 amide bonds. The summed E-state index contributed by atoms with van der Waals surface area (Å²) in [7, 11) is 1.35. The van der Waals surface area contributed by atoms with Gasteiger partial charge in [-0.3, -0.25) is 9.20 Å². The molecule has 2 unspecified atom stereocenters. The predicted molar refractivity (Wildman–Crippen MR) is 120 cm³/mol. The number of halogens is 3. The first-order chi connectivity index (χ1) is 16.2. The summed E-state index contributed by atoms with van der Waals surface area (Å²) in [6.45, 7) is 0.667. The van der Waals surface area contributed by atoms with E-state index < -0.39 is 34.7 Å². The molecule has 2 atom stereocenters. The van der Waals surface area contributed by atoms with Crippen molar-refractivity contribution in [3.63, 3.8) is 0 Å². The van der Waals surface area contributed by atoms with Crippen LogP contribution < -0.4 is 32.5 Å². The number of benzene rings is 1. The van der Waals surface area contributed by atoms with Gasteiger partial charge in [0.25, 0.3) is 5.56 Å². The molecular weight excluding hydrogens is 451 g/mol. The van der Waals surface area contributed by atoms with E-state index in [0.717, 1.165) is 35.6 Å². The zero-order valence-electron chi connectivity index (χ0n) is 18.4. The van der Waals surface area contributed by atoms with E-state index in [0.29, 0.717) is 23.2 Å². The van der Waals surface area contributed by atoms with Crippen molar-refractivity contribution in [3.8, 4) is 5.75 Å². The van der Waals surface area contributed by atoms with E-state index in [9.17, 15) is 18.4 Å². The van der Waals surface area contributed by atoms with E-state index in [1.54, 1.807) is 4.90 Å². The van der Waals surface area contributed by atoms with Crippen LogP contribution in [-0.2, 0) is 0 Å². The van der Waals surface area contributed by atoms with E-state index in [2.05, 4.69) is 0 Å². The van der Waals surface area contributed by atoms with Crippen LogP contribution in [0.25, 0.3) is 5.52 Å². The van der Waals surface area contributed by atoms with Gasteiger partial charge in [-0.2, -0.15) is 4.68 Å². The average Bonchev–Trinajstić information content (AvgIpc) is 3.52. The van der Waals surface area contributed by atoms with Crippen molar-refractivity contribution in [2.75, 3.05) is 30.9 Å². The molecule has 2 aromatic heterocycles. The smallest absolute Gasteiger partial charge is 0.354 e. The first-order valence-electron chi connectivity index (χ1n) is 11.0. The van der Waals surface area contributed by atoms with Crippen LogP contribution in [0.3, 0.4) is 0 Å². The molecule has 1 aromatic carbocycles. The van der Waals surface area contributed by atoms with E-state index in [1.807, 2.05) is 0 Å². The molecule has 8 nitrogen and oxygen atoms in total. The summed E-state index contributed by atoms with van der Waals surface area (Å²) >= 11 is 0. The maximum absolute atomic E-state index is 15.4. The van der Waals surface area contributed by atoms with Crippen LogP contribution in [0.2, 0.25) is 0 Å². The van der Waals surface area contributed by atoms with Gasteiger partial charge in [0.15, 0.2) is 11.6 Å².